The van der Waals surface area contributed by atoms with E-state index in [2.05, 4.69) is 5.32 Å². The van der Waals surface area contributed by atoms with Gasteiger partial charge in [0.05, 0.1) is 18.2 Å². The van der Waals surface area contributed by atoms with Gasteiger partial charge in [0.25, 0.3) is 5.56 Å². The zero-order valence-electron chi connectivity index (χ0n) is 24.5. The van der Waals surface area contributed by atoms with Crippen molar-refractivity contribution in [1.82, 2.24) is 14.8 Å². The van der Waals surface area contributed by atoms with Crippen LogP contribution in [0.2, 0.25) is 0 Å². The summed E-state index contributed by atoms with van der Waals surface area (Å²) in [7, 11) is 1.65. The van der Waals surface area contributed by atoms with Crippen LogP contribution < -0.4 is 20.3 Å². The second kappa shape index (κ2) is 11.2. The van der Waals surface area contributed by atoms with E-state index in [0.717, 1.165) is 0 Å². The number of amides is 3. The molecule has 9 nitrogen and oxygen atoms in total. The molecule has 0 spiro atoms. The number of aryl methyl sites for hydroxylation is 3. The summed E-state index contributed by atoms with van der Waals surface area (Å²) < 4.78 is 28.3. The number of imide groups is 1. The summed E-state index contributed by atoms with van der Waals surface area (Å²) in [5.41, 5.74) is 1.66. The lowest BCUT2D eigenvalue weighted by molar-refractivity contribution is -0.127. The van der Waals surface area contributed by atoms with Crippen LogP contribution in [0.15, 0.2) is 47.4 Å². The van der Waals surface area contributed by atoms with Crippen molar-refractivity contribution in [1.29, 1.82) is 0 Å². The van der Waals surface area contributed by atoms with Crippen molar-refractivity contribution in [2.24, 2.45) is 7.05 Å². The van der Waals surface area contributed by atoms with Crippen LogP contribution in [-0.4, -0.2) is 45.2 Å². The second-order valence-corrected chi connectivity index (χ2v) is 11.7. The number of rotatable bonds is 7. The number of aliphatic hydroxyl groups is 1. The zero-order chi connectivity index (χ0) is 30.3. The van der Waals surface area contributed by atoms with Crippen molar-refractivity contribution >= 4 is 11.9 Å². The van der Waals surface area contributed by atoms with Gasteiger partial charge in [0.1, 0.15) is 23.1 Å². The summed E-state index contributed by atoms with van der Waals surface area (Å²) in [6, 6.07) is 9.04. The standard InChI is InChI=1S/C32H36FN3O6/c1-18-12-21(33)13-19(2)30(18)42-26-11-6-20(32(3,4)40)14-24(26)25-17-35(5)28(37)15-27(25)41-23-9-7-22(8-10-23)36-29(38)16-34-31(36)39/h6,11-15,17,22-23,40H,7-10,16H2,1-5H3,(H,34,39). The molecule has 0 atom stereocenters. The molecule has 2 heterocycles. The van der Waals surface area contributed by atoms with E-state index in [1.54, 1.807) is 53.1 Å². The summed E-state index contributed by atoms with van der Waals surface area (Å²) in [5.74, 6) is 0.755. The third-order valence-electron chi connectivity index (χ3n) is 7.98. The van der Waals surface area contributed by atoms with Crippen molar-refractivity contribution in [3.63, 3.8) is 0 Å². The van der Waals surface area contributed by atoms with Gasteiger partial charge in [-0.3, -0.25) is 14.5 Å². The monoisotopic (exact) mass is 577 g/mol. The van der Waals surface area contributed by atoms with Crippen LogP contribution in [-0.2, 0) is 17.4 Å². The lowest BCUT2D eigenvalue weighted by atomic mass is 9.91. The number of ether oxygens (including phenoxy) is 2. The van der Waals surface area contributed by atoms with E-state index < -0.39 is 5.60 Å². The molecule has 2 aliphatic rings. The molecule has 2 aromatic carbocycles. The molecular formula is C32H36FN3O6. The van der Waals surface area contributed by atoms with Gasteiger partial charge in [0, 0.05) is 36.5 Å². The molecule has 1 aliphatic carbocycles. The molecule has 3 aromatic rings. The molecule has 222 valence electrons. The smallest absolute Gasteiger partial charge is 0.324 e. The van der Waals surface area contributed by atoms with Crippen molar-refractivity contribution in [3.05, 3.63) is 75.5 Å². The van der Waals surface area contributed by atoms with E-state index >= 15 is 0 Å². The number of benzene rings is 2. The molecule has 0 unspecified atom stereocenters. The Hall–Kier alpha value is -4.18. The fraction of sp³-hybridized carbons (Fsp3) is 0.406. The highest BCUT2D eigenvalue weighted by atomic mass is 19.1. The van der Waals surface area contributed by atoms with Gasteiger partial charge in [-0.1, -0.05) is 6.07 Å². The van der Waals surface area contributed by atoms with E-state index in [4.69, 9.17) is 9.47 Å². The lowest BCUT2D eigenvalue weighted by Gasteiger charge is -2.33. The Morgan fingerprint density at radius 2 is 1.62 bits per heavy atom. The number of carbonyl (C=O) groups excluding carboxylic acids is 2. The molecule has 5 rings (SSSR count). The molecule has 42 heavy (non-hydrogen) atoms. The maximum atomic E-state index is 14.0. The van der Waals surface area contributed by atoms with Crippen LogP contribution in [0.1, 0.15) is 56.2 Å². The first-order valence-electron chi connectivity index (χ1n) is 14.1. The summed E-state index contributed by atoms with van der Waals surface area (Å²) >= 11 is 0. The summed E-state index contributed by atoms with van der Waals surface area (Å²) in [6.45, 7) is 6.93. The van der Waals surface area contributed by atoms with Crippen molar-refractivity contribution in [2.75, 3.05) is 6.54 Å². The molecule has 3 amide bonds. The molecule has 2 N–H and O–H groups in total. The highest BCUT2D eigenvalue weighted by Gasteiger charge is 2.37. The molecule has 2 fully saturated rings. The molecule has 1 aromatic heterocycles. The predicted molar refractivity (Wildman–Crippen MR) is 155 cm³/mol. The molecule has 0 radical (unpaired) electrons. The first-order valence-corrected chi connectivity index (χ1v) is 14.1. The predicted octanol–water partition coefficient (Wildman–Crippen LogP) is 5.07. The van der Waals surface area contributed by atoms with E-state index in [-0.39, 0.29) is 42.0 Å². The Morgan fingerprint density at radius 3 is 2.21 bits per heavy atom. The number of halogens is 1. The van der Waals surface area contributed by atoms with Gasteiger partial charge in [-0.05, 0) is 94.3 Å². The minimum absolute atomic E-state index is 0.0248. The molecule has 0 bridgehead atoms. The van der Waals surface area contributed by atoms with Crippen LogP contribution in [0.4, 0.5) is 9.18 Å². The Kier molecular flexibility index (Phi) is 7.85. The number of nitrogens with one attached hydrogen (secondary N) is 1. The number of hydrogen-bond donors (Lipinski definition) is 2. The average molecular weight is 578 g/mol. The van der Waals surface area contributed by atoms with E-state index in [1.807, 2.05) is 6.07 Å². The number of pyridine rings is 1. The Morgan fingerprint density at radius 1 is 0.952 bits per heavy atom. The van der Waals surface area contributed by atoms with Crippen LogP contribution in [0.25, 0.3) is 11.1 Å². The largest absolute Gasteiger partial charge is 0.490 e. The normalized spacial score (nSPS) is 19.2. The maximum Gasteiger partial charge on any atom is 0.324 e. The van der Waals surface area contributed by atoms with Gasteiger partial charge in [-0.25, -0.2) is 9.18 Å². The summed E-state index contributed by atoms with van der Waals surface area (Å²) in [6.07, 6.45) is 3.81. The quantitative estimate of drug-likeness (QED) is 0.380. The summed E-state index contributed by atoms with van der Waals surface area (Å²) in [5, 5.41) is 13.4. The Bertz CT molecular complexity index is 1560. The van der Waals surface area contributed by atoms with Gasteiger partial charge >= 0.3 is 6.03 Å². The van der Waals surface area contributed by atoms with Crippen molar-refractivity contribution in [2.45, 2.75) is 71.1 Å². The molecule has 1 aliphatic heterocycles. The van der Waals surface area contributed by atoms with Gasteiger partial charge in [0.15, 0.2) is 0 Å². The van der Waals surface area contributed by atoms with E-state index in [0.29, 0.717) is 70.7 Å². The lowest BCUT2D eigenvalue weighted by Crippen LogP contribution is -2.44. The van der Waals surface area contributed by atoms with Gasteiger partial charge < -0.3 is 24.5 Å². The number of hydrogen-bond acceptors (Lipinski definition) is 6. The highest BCUT2D eigenvalue weighted by molar-refractivity contribution is 6.02. The SMILES string of the molecule is Cc1cc(F)cc(C)c1Oc1ccc(C(C)(C)O)cc1-c1cn(C)c(=O)cc1OC1CCC(N2C(=O)CNC2=O)CC1. The van der Waals surface area contributed by atoms with Crippen molar-refractivity contribution < 1.29 is 28.6 Å². The Labute approximate surface area is 243 Å². The number of aromatic nitrogens is 1. The van der Waals surface area contributed by atoms with Crippen LogP contribution in [0.5, 0.6) is 17.2 Å². The Balaban J connectivity index is 1.51. The van der Waals surface area contributed by atoms with Crippen LogP contribution in [0, 0.1) is 19.7 Å². The van der Waals surface area contributed by atoms with Crippen LogP contribution >= 0.6 is 0 Å². The fourth-order valence-corrected chi connectivity index (χ4v) is 5.70. The fourth-order valence-electron chi connectivity index (χ4n) is 5.70. The number of urea groups is 1. The third kappa shape index (κ3) is 5.90. The van der Waals surface area contributed by atoms with E-state index in [9.17, 15) is 23.9 Å². The first kappa shape index (κ1) is 29.3. The molecule has 10 heteroatoms. The molecule has 1 saturated heterocycles. The topological polar surface area (TPSA) is 110 Å². The van der Waals surface area contributed by atoms with E-state index in [1.165, 1.54) is 27.7 Å². The summed E-state index contributed by atoms with van der Waals surface area (Å²) in [4.78, 5) is 38.4. The number of carbonyl (C=O) groups is 2. The van der Waals surface area contributed by atoms with Gasteiger partial charge in [-0.15, -0.1) is 0 Å². The first-order chi connectivity index (χ1) is 19.8. The van der Waals surface area contributed by atoms with Crippen LogP contribution in [0.3, 0.4) is 0 Å². The highest BCUT2D eigenvalue weighted by Crippen LogP contribution is 2.42. The van der Waals surface area contributed by atoms with Crippen molar-refractivity contribution in [3.8, 4) is 28.4 Å². The molecular weight excluding hydrogens is 541 g/mol. The zero-order valence-corrected chi connectivity index (χ0v) is 24.5. The molecule has 1 saturated carbocycles. The minimum Gasteiger partial charge on any atom is -0.490 e. The number of nitrogens with zero attached hydrogens (tertiary/aromatic N) is 2. The minimum atomic E-state index is -1.16. The second-order valence-electron chi connectivity index (χ2n) is 11.7. The average Bonchev–Trinajstić information content (AvgIpc) is 3.25. The third-order valence-corrected chi connectivity index (χ3v) is 7.98. The maximum absolute atomic E-state index is 14.0. The van der Waals surface area contributed by atoms with Gasteiger partial charge in [-0.2, -0.15) is 0 Å². The van der Waals surface area contributed by atoms with Gasteiger partial charge in [0.2, 0.25) is 5.91 Å².